The van der Waals surface area contributed by atoms with E-state index in [1.54, 1.807) is 6.07 Å². The summed E-state index contributed by atoms with van der Waals surface area (Å²) >= 11 is 0. The van der Waals surface area contributed by atoms with Crippen molar-refractivity contribution >= 4 is 0 Å². The van der Waals surface area contributed by atoms with Gasteiger partial charge in [-0.05, 0) is 36.4 Å². The van der Waals surface area contributed by atoms with Gasteiger partial charge in [0.25, 0.3) is 0 Å². The quantitative estimate of drug-likeness (QED) is 0.872. The highest BCUT2D eigenvalue weighted by Gasteiger charge is 2.04. The molecule has 1 N–H and O–H groups in total. The molecule has 0 aliphatic carbocycles. The maximum Gasteiger partial charge on any atom is 0.124 e. The van der Waals surface area contributed by atoms with Crippen LogP contribution in [-0.2, 0) is 6.61 Å². The summed E-state index contributed by atoms with van der Waals surface area (Å²) in [6, 6.07) is 9.79. The van der Waals surface area contributed by atoms with Crippen molar-refractivity contribution in [2.45, 2.75) is 6.61 Å². The largest absolute Gasteiger partial charge is 0.489 e. The van der Waals surface area contributed by atoms with Crippen molar-refractivity contribution in [2.75, 3.05) is 6.61 Å². The molecule has 4 heteroatoms. The molecule has 0 amide bonds. The molecule has 0 aromatic heterocycles. The molecule has 20 heavy (non-hydrogen) atoms. The van der Waals surface area contributed by atoms with Crippen LogP contribution >= 0.6 is 0 Å². The first-order valence-electron chi connectivity index (χ1n) is 5.95. The zero-order valence-corrected chi connectivity index (χ0v) is 10.6. The van der Waals surface area contributed by atoms with Crippen molar-refractivity contribution in [1.29, 1.82) is 0 Å². The Kier molecular flexibility index (Phi) is 4.70. The predicted molar refractivity (Wildman–Crippen MR) is 71.1 cm³/mol. The van der Waals surface area contributed by atoms with Gasteiger partial charge in [0, 0.05) is 11.1 Å². The summed E-state index contributed by atoms with van der Waals surface area (Å²) in [4.78, 5) is 0. The molecule has 0 unspecified atom stereocenters. The van der Waals surface area contributed by atoms with Crippen molar-refractivity contribution in [3.05, 3.63) is 65.2 Å². The van der Waals surface area contributed by atoms with Gasteiger partial charge in [-0.1, -0.05) is 17.9 Å². The van der Waals surface area contributed by atoms with Gasteiger partial charge in [-0.15, -0.1) is 0 Å². The second kappa shape index (κ2) is 6.69. The Balaban J connectivity index is 2.14. The molecule has 0 spiro atoms. The monoisotopic (exact) mass is 274 g/mol. The fourth-order valence-electron chi connectivity index (χ4n) is 1.62. The third-order valence-corrected chi connectivity index (χ3v) is 2.58. The standard InChI is InChI=1S/C16H12F2O2/c17-14-5-7-16(8-6-14)20-11-13-3-4-15(18)10-12(13)2-1-9-19/h3-8,10,19H,9,11H2. The number of benzene rings is 2. The molecule has 0 aliphatic rings. The maximum atomic E-state index is 13.2. The van der Waals surface area contributed by atoms with E-state index < -0.39 is 5.82 Å². The third-order valence-electron chi connectivity index (χ3n) is 2.58. The van der Waals surface area contributed by atoms with Crippen LogP contribution in [0.5, 0.6) is 5.75 Å². The molecule has 0 atom stereocenters. The van der Waals surface area contributed by atoms with Crippen LogP contribution in [0.3, 0.4) is 0 Å². The number of hydrogen-bond donors (Lipinski definition) is 1. The van der Waals surface area contributed by atoms with E-state index in [1.165, 1.54) is 36.4 Å². The Labute approximate surface area is 115 Å². The normalized spacial score (nSPS) is 9.75. The van der Waals surface area contributed by atoms with Crippen molar-refractivity contribution in [3.63, 3.8) is 0 Å². The highest BCUT2D eigenvalue weighted by molar-refractivity contribution is 5.41. The fraction of sp³-hybridized carbons (Fsp3) is 0.125. The summed E-state index contributed by atoms with van der Waals surface area (Å²) in [7, 11) is 0. The minimum atomic E-state index is -0.405. The van der Waals surface area contributed by atoms with Crippen LogP contribution in [0.4, 0.5) is 8.78 Å². The van der Waals surface area contributed by atoms with Crippen LogP contribution < -0.4 is 4.74 Å². The smallest absolute Gasteiger partial charge is 0.124 e. The Bertz CT molecular complexity index is 640. The molecule has 2 nitrogen and oxygen atoms in total. The van der Waals surface area contributed by atoms with Gasteiger partial charge in [0.2, 0.25) is 0 Å². The number of aliphatic hydroxyl groups excluding tert-OH is 1. The van der Waals surface area contributed by atoms with Crippen molar-refractivity contribution in [1.82, 2.24) is 0 Å². The molecule has 0 heterocycles. The minimum Gasteiger partial charge on any atom is -0.489 e. The summed E-state index contributed by atoms with van der Waals surface area (Å²) in [5, 5.41) is 8.69. The number of rotatable bonds is 3. The van der Waals surface area contributed by atoms with Gasteiger partial charge in [0.05, 0.1) is 0 Å². The average Bonchev–Trinajstić information content (AvgIpc) is 2.46. The predicted octanol–water partition coefficient (Wildman–Crippen LogP) is 2.89. The lowest BCUT2D eigenvalue weighted by Gasteiger charge is -2.08. The number of aliphatic hydroxyl groups is 1. The molecule has 2 aromatic carbocycles. The van der Waals surface area contributed by atoms with E-state index >= 15 is 0 Å². The summed E-state index contributed by atoms with van der Waals surface area (Å²) in [6.07, 6.45) is 0. The Morgan fingerprint density at radius 3 is 2.40 bits per heavy atom. The van der Waals surface area contributed by atoms with E-state index in [0.717, 1.165) is 0 Å². The molecule has 2 rings (SSSR count). The van der Waals surface area contributed by atoms with E-state index in [9.17, 15) is 8.78 Å². The summed E-state index contributed by atoms with van der Waals surface area (Å²) < 4.78 is 31.4. The van der Waals surface area contributed by atoms with Gasteiger partial charge >= 0.3 is 0 Å². The molecule has 2 aromatic rings. The van der Waals surface area contributed by atoms with Crippen molar-refractivity contribution < 1.29 is 18.6 Å². The highest BCUT2D eigenvalue weighted by Crippen LogP contribution is 2.16. The Morgan fingerprint density at radius 1 is 1.00 bits per heavy atom. The van der Waals surface area contributed by atoms with Gasteiger partial charge in [-0.3, -0.25) is 0 Å². The summed E-state index contributed by atoms with van der Waals surface area (Å²) in [5.41, 5.74) is 1.15. The van der Waals surface area contributed by atoms with E-state index in [0.29, 0.717) is 16.9 Å². The van der Waals surface area contributed by atoms with Crippen LogP contribution in [-0.4, -0.2) is 11.7 Å². The molecule has 0 saturated heterocycles. The second-order valence-corrected chi connectivity index (χ2v) is 4.00. The first-order chi connectivity index (χ1) is 9.69. The zero-order chi connectivity index (χ0) is 14.4. The Morgan fingerprint density at radius 2 is 1.70 bits per heavy atom. The van der Waals surface area contributed by atoms with E-state index in [2.05, 4.69) is 11.8 Å². The van der Waals surface area contributed by atoms with E-state index in [1.807, 2.05) is 0 Å². The molecule has 102 valence electrons. The van der Waals surface area contributed by atoms with Crippen LogP contribution in [0.1, 0.15) is 11.1 Å². The van der Waals surface area contributed by atoms with Crippen LogP contribution in [0.15, 0.2) is 42.5 Å². The second-order valence-electron chi connectivity index (χ2n) is 4.00. The fourth-order valence-corrected chi connectivity index (χ4v) is 1.62. The first-order valence-corrected chi connectivity index (χ1v) is 5.95. The molecule has 0 radical (unpaired) electrons. The van der Waals surface area contributed by atoms with Gasteiger partial charge in [-0.25, -0.2) is 8.78 Å². The highest BCUT2D eigenvalue weighted by atomic mass is 19.1. The van der Waals surface area contributed by atoms with Gasteiger partial charge in [0.1, 0.15) is 30.6 Å². The zero-order valence-electron chi connectivity index (χ0n) is 10.6. The van der Waals surface area contributed by atoms with Crippen molar-refractivity contribution in [2.24, 2.45) is 0 Å². The molecular formula is C16H12F2O2. The molecule has 0 fully saturated rings. The van der Waals surface area contributed by atoms with Gasteiger partial charge in [0.15, 0.2) is 0 Å². The topological polar surface area (TPSA) is 29.5 Å². The average molecular weight is 274 g/mol. The lowest BCUT2D eigenvalue weighted by atomic mass is 10.1. The third kappa shape index (κ3) is 3.81. The lowest BCUT2D eigenvalue weighted by Crippen LogP contribution is -1.99. The SMILES string of the molecule is OCC#Cc1cc(F)ccc1COc1ccc(F)cc1. The van der Waals surface area contributed by atoms with Crippen LogP contribution in [0.2, 0.25) is 0 Å². The number of hydrogen-bond acceptors (Lipinski definition) is 2. The molecule has 0 saturated carbocycles. The maximum absolute atomic E-state index is 13.2. The van der Waals surface area contributed by atoms with Gasteiger partial charge < -0.3 is 9.84 Å². The lowest BCUT2D eigenvalue weighted by molar-refractivity contribution is 0.305. The van der Waals surface area contributed by atoms with Crippen molar-refractivity contribution in [3.8, 4) is 17.6 Å². The van der Waals surface area contributed by atoms with Gasteiger partial charge in [-0.2, -0.15) is 0 Å². The van der Waals surface area contributed by atoms with E-state index in [-0.39, 0.29) is 19.0 Å². The molecule has 0 bridgehead atoms. The first kappa shape index (κ1) is 14.0. The van der Waals surface area contributed by atoms with E-state index in [4.69, 9.17) is 9.84 Å². The minimum absolute atomic E-state index is 0.182. The Hall–Kier alpha value is -2.38. The molecular weight excluding hydrogens is 262 g/mol. The summed E-state index contributed by atoms with van der Waals surface area (Å²) in [6.45, 7) is -0.115. The summed E-state index contributed by atoms with van der Waals surface area (Å²) in [5.74, 6) is 4.91. The van der Waals surface area contributed by atoms with Crippen LogP contribution in [0, 0.1) is 23.5 Å². The molecule has 0 aliphatic heterocycles. The number of halogens is 2. The van der Waals surface area contributed by atoms with Crippen LogP contribution in [0.25, 0.3) is 0 Å². The number of ether oxygens (including phenoxy) is 1.